The number of anilines is 1. The van der Waals surface area contributed by atoms with Crippen LogP contribution in [0, 0.1) is 5.92 Å². The standard InChI is InChI=1S/C16H23NO/c1-4-5-14-6-8-15(9-7-14)17-11-10-16(18)12(2)13(17)3/h6-9,12-13H,4-5,10-11H2,1-3H3. The molecule has 98 valence electrons. The molecule has 1 saturated heterocycles. The fraction of sp³-hybridized carbons (Fsp3) is 0.562. The minimum atomic E-state index is 0.147. The Kier molecular flexibility index (Phi) is 4.05. The normalized spacial score (nSPS) is 24.4. The Labute approximate surface area is 110 Å². The van der Waals surface area contributed by atoms with Gasteiger partial charge < -0.3 is 4.90 Å². The van der Waals surface area contributed by atoms with Crippen LogP contribution in [-0.2, 0) is 11.2 Å². The Bertz CT molecular complexity index is 410. The number of nitrogens with zero attached hydrogens (tertiary/aromatic N) is 1. The van der Waals surface area contributed by atoms with Crippen LogP contribution >= 0.6 is 0 Å². The molecule has 18 heavy (non-hydrogen) atoms. The largest absolute Gasteiger partial charge is 0.368 e. The first-order chi connectivity index (χ1) is 8.63. The molecule has 2 rings (SSSR count). The van der Waals surface area contributed by atoms with Crippen molar-refractivity contribution in [1.29, 1.82) is 0 Å². The van der Waals surface area contributed by atoms with Gasteiger partial charge in [-0.3, -0.25) is 4.79 Å². The molecular weight excluding hydrogens is 222 g/mol. The van der Waals surface area contributed by atoms with Gasteiger partial charge >= 0.3 is 0 Å². The van der Waals surface area contributed by atoms with Crippen molar-refractivity contribution in [2.24, 2.45) is 5.92 Å². The van der Waals surface area contributed by atoms with Crippen LogP contribution in [0.2, 0.25) is 0 Å². The highest BCUT2D eigenvalue weighted by Crippen LogP contribution is 2.26. The van der Waals surface area contributed by atoms with Gasteiger partial charge in [0.2, 0.25) is 0 Å². The topological polar surface area (TPSA) is 20.3 Å². The van der Waals surface area contributed by atoms with Crippen molar-refractivity contribution in [2.75, 3.05) is 11.4 Å². The molecule has 2 nitrogen and oxygen atoms in total. The number of Topliss-reactive ketones (excluding diaryl/α,β-unsaturated/α-hetero) is 1. The number of benzene rings is 1. The monoisotopic (exact) mass is 245 g/mol. The summed E-state index contributed by atoms with van der Waals surface area (Å²) in [5, 5.41) is 0. The minimum Gasteiger partial charge on any atom is -0.368 e. The molecular formula is C16H23NO. The Morgan fingerprint density at radius 1 is 1.22 bits per heavy atom. The second kappa shape index (κ2) is 5.55. The average Bonchev–Trinajstić information content (AvgIpc) is 2.38. The molecule has 1 fully saturated rings. The summed E-state index contributed by atoms with van der Waals surface area (Å²) in [4.78, 5) is 14.1. The maximum atomic E-state index is 11.7. The van der Waals surface area contributed by atoms with Crippen molar-refractivity contribution in [3.63, 3.8) is 0 Å². The van der Waals surface area contributed by atoms with E-state index in [0.29, 0.717) is 18.2 Å². The molecule has 1 aliphatic rings. The van der Waals surface area contributed by atoms with Gasteiger partial charge in [0.15, 0.2) is 0 Å². The highest BCUT2D eigenvalue weighted by atomic mass is 16.1. The van der Waals surface area contributed by atoms with Crippen LogP contribution in [0.15, 0.2) is 24.3 Å². The van der Waals surface area contributed by atoms with Crippen molar-refractivity contribution in [3.05, 3.63) is 29.8 Å². The third-order valence-electron chi connectivity index (χ3n) is 4.13. The minimum absolute atomic E-state index is 0.147. The summed E-state index contributed by atoms with van der Waals surface area (Å²) in [6.07, 6.45) is 3.01. The Balaban J connectivity index is 2.13. The van der Waals surface area contributed by atoms with E-state index in [-0.39, 0.29) is 5.92 Å². The SMILES string of the molecule is CCCc1ccc(N2CCC(=O)C(C)C2C)cc1. The number of carbonyl (C=O) groups is 1. The van der Waals surface area contributed by atoms with Gasteiger partial charge in [0, 0.05) is 30.6 Å². The van der Waals surface area contributed by atoms with Crippen molar-refractivity contribution in [1.82, 2.24) is 0 Å². The molecule has 2 unspecified atom stereocenters. The van der Waals surface area contributed by atoms with E-state index in [0.717, 1.165) is 13.0 Å². The first kappa shape index (κ1) is 13.1. The van der Waals surface area contributed by atoms with Gasteiger partial charge in [-0.25, -0.2) is 0 Å². The van der Waals surface area contributed by atoms with Crippen LogP contribution < -0.4 is 4.90 Å². The second-order valence-corrected chi connectivity index (χ2v) is 5.36. The van der Waals surface area contributed by atoms with Gasteiger partial charge in [-0.2, -0.15) is 0 Å². The van der Waals surface area contributed by atoms with Gasteiger partial charge in [0.05, 0.1) is 0 Å². The summed E-state index contributed by atoms with van der Waals surface area (Å²) in [7, 11) is 0. The Morgan fingerprint density at radius 3 is 2.50 bits per heavy atom. The lowest BCUT2D eigenvalue weighted by Gasteiger charge is -2.38. The summed E-state index contributed by atoms with van der Waals surface area (Å²) in [5.41, 5.74) is 2.65. The molecule has 1 heterocycles. The van der Waals surface area contributed by atoms with Crippen LogP contribution in [-0.4, -0.2) is 18.4 Å². The Morgan fingerprint density at radius 2 is 1.89 bits per heavy atom. The molecule has 0 N–H and O–H groups in total. The smallest absolute Gasteiger partial charge is 0.139 e. The first-order valence-electron chi connectivity index (χ1n) is 7.01. The van der Waals surface area contributed by atoms with Crippen molar-refractivity contribution in [3.8, 4) is 0 Å². The molecule has 0 saturated carbocycles. The molecule has 1 aliphatic heterocycles. The van der Waals surface area contributed by atoms with E-state index in [1.165, 1.54) is 17.7 Å². The predicted molar refractivity (Wildman–Crippen MR) is 76.0 cm³/mol. The summed E-state index contributed by atoms with van der Waals surface area (Å²) in [6, 6.07) is 9.14. The van der Waals surface area contributed by atoms with E-state index < -0.39 is 0 Å². The molecule has 0 aromatic heterocycles. The van der Waals surface area contributed by atoms with E-state index in [1.54, 1.807) is 0 Å². The molecule has 2 atom stereocenters. The predicted octanol–water partition coefficient (Wildman–Crippen LogP) is 3.44. The third-order valence-corrected chi connectivity index (χ3v) is 4.13. The van der Waals surface area contributed by atoms with Crippen molar-refractivity contribution in [2.45, 2.75) is 46.1 Å². The van der Waals surface area contributed by atoms with Gasteiger partial charge in [0.1, 0.15) is 5.78 Å². The third kappa shape index (κ3) is 2.58. The summed E-state index contributed by atoms with van der Waals surface area (Å²) in [5.74, 6) is 0.551. The number of ketones is 1. The zero-order valence-electron chi connectivity index (χ0n) is 11.6. The summed E-state index contributed by atoms with van der Waals surface area (Å²) < 4.78 is 0. The highest BCUT2D eigenvalue weighted by Gasteiger charge is 2.30. The van der Waals surface area contributed by atoms with Crippen LogP contribution in [0.3, 0.4) is 0 Å². The number of carbonyl (C=O) groups excluding carboxylic acids is 1. The number of aryl methyl sites for hydroxylation is 1. The lowest BCUT2D eigenvalue weighted by molar-refractivity contribution is -0.123. The molecule has 2 heteroatoms. The number of piperidine rings is 1. The fourth-order valence-corrected chi connectivity index (χ4v) is 2.71. The van der Waals surface area contributed by atoms with Crippen LogP contribution in [0.5, 0.6) is 0 Å². The van der Waals surface area contributed by atoms with Crippen molar-refractivity contribution < 1.29 is 4.79 Å². The molecule has 1 aromatic carbocycles. The van der Waals surface area contributed by atoms with E-state index >= 15 is 0 Å². The van der Waals surface area contributed by atoms with E-state index in [9.17, 15) is 4.79 Å². The number of hydrogen-bond donors (Lipinski definition) is 0. The van der Waals surface area contributed by atoms with Gasteiger partial charge in [-0.15, -0.1) is 0 Å². The molecule has 0 aliphatic carbocycles. The second-order valence-electron chi connectivity index (χ2n) is 5.36. The van der Waals surface area contributed by atoms with Crippen molar-refractivity contribution >= 4 is 11.5 Å². The summed E-state index contributed by atoms with van der Waals surface area (Å²) >= 11 is 0. The molecule has 0 spiro atoms. The first-order valence-corrected chi connectivity index (χ1v) is 7.01. The number of hydrogen-bond acceptors (Lipinski definition) is 2. The van der Waals surface area contributed by atoms with Gasteiger partial charge in [-0.05, 0) is 31.0 Å². The fourth-order valence-electron chi connectivity index (χ4n) is 2.71. The van der Waals surface area contributed by atoms with E-state index in [2.05, 4.69) is 43.0 Å². The van der Waals surface area contributed by atoms with Gasteiger partial charge in [-0.1, -0.05) is 32.4 Å². The lowest BCUT2D eigenvalue weighted by Crippen LogP contribution is -2.46. The summed E-state index contributed by atoms with van der Waals surface area (Å²) in [6.45, 7) is 7.26. The molecule has 0 radical (unpaired) electrons. The zero-order valence-corrected chi connectivity index (χ0v) is 11.6. The van der Waals surface area contributed by atoms with Crippen LogP contribution in [0.1, 0.15) is 39.2 Å². The molecule has 0 bridgehead atoms. The molecule has 1 aromatic rings. The lowest BCUT2D eigenvalue weighted by atomic mass is 9.90. The maximum Gasteiger partial charge on any atom is 0.139 e. The number of rotatable bonds is 3. The Hall–Kier alpha value is -1.31. The molecule has 0 amide bonds. The van der Waals surface area contributed by atoms with Gasteiger partial charge in [0.25, 0.3) is 0 Å². The highest BCUT2D eigenvalue weighted by molar-refractivity contribution is 5.84. The zero-order chi connectivity index (χ0) is 13.1. The maximum absolute atomic E-state index is 11.7. The average molecular weight is 245 g/mol. The van der Waals surface area contributed by atoms with Crippen LogP contribution in [0.25, 0.3) is 0 Å². The van der Waals surface area contributed by atoms with E-state index in [4.69, 9.17) is 0 Å². The van der Waals surface area contributed by atoms with Crippen LogP contribution in [0.4, 0.5) is 5.69 Å². The van der Waals surface area contributed by atoms with E-state index in [1.807, 2.05) is 6.92 Å². The quantitative estimate of drug-likeness (QED) is 0.813.